The highest BCUT2D eigenvalue weighted by Gasteiger charge is 2.21. The minimum absolute atomic E-state index is 0.608. The van der Waals surface area contributed by atoms with E-state index in [0.29, 0.717) is 5.82 Å². The maximum atomic E-state index is 6.28. The summed E-state index contributed by atoms with van der Waals surface area (Å²) in [5.74, 6) is 2.66. The molecule has 0 saturated carbocycles. The first-order valence-corrected chi connectivity index (χ1v) is 9.84. The lowest BCUT2D eigenvalue weighted by Gasteiger charge is -2.19. The highest BCUT2D eigenvalue weighted by molar-refractivity contribution is 9.10. The number of hydrogen-bond acceptors (Lipinski definition) is 5. The standard InChI is InChI=1S/C16H22BrN5S/c1-3-8-23-10-11(2)12-9-19-22-14(18)13(17)16(20-15(12)22)21-6-4-5-7-21/h9-10H,3-8,18H2,1-2H3/b11-10+. The van der Waals surface area contributed by atoms with Crippen LogP contribution in [0, 0.1) is 0 Å². The number of fused-ring (bicyclic) bond motifs is 1. The van der Waals surface area contributed by atoms with Gasteiger partial charge in [-0.2, -0.15) is 9.61 Å². The molecular formula is C16H22BrN5S. The topological polar surface area (TPSA) is 59.5 Å². The van der Waals surface area contributed by atoms with E-state index in [0.717, 1.165) is 40.3 Å². The molecule has 2 aromatic rings. The number of anilines is 2. The lowest BCUT2D eigenvalue weighted by molar-refractivity contribution is 0.899. The number of allylic oxidation sites excluding steroid dienone is 1. The van der Waals surface area contributed by atoms with Crippen molar-refractivity contribution in [2.75, 3.05) is 29.5 Å². The van der Waals surface area contributed by atoms with E-state index in [1.165, 1.54) is 24.8 Å². The summed E-state index contributed by atoms with van der Waals surface area (Å²) in [6, 6.07) is 0. The minimum Gasteiger partial charge on any atom is -0.383 e. The molecule has 1 saturated heterocycles. The van der Waals surface area contributed by atoms with Gasteiger partial charge in [0.1, 0.15) is 16.1 Å². The molecule has 2 aromatic heterocycles. The van der Waals surface area contributed by atoms with Crippen molar-refractivity contribution in [3.63, 3.8) is 0 Å². The highest BCUT2D eigenvalue weighted by Crippen LogP contribution is 2.34. The number of nitrogen functional groups attached to an aromatic ring is 1. The van der Waals surface area contributed by atoms with Crippen LogP contribution in [0.1, 0.15) is 38.7 Å². The molecule has 7 heteroatoms. The lowest BCUT2D eigenvalue weighted by Crippen LogP contribution is -2.21. The van der Waals surface area contributed by atoms with Crippen molar-refractivity contribution in [1.29, 1.82) is 0 Å². The quantitative estimate of drug-likeness (QED) is 0.769. The maximum Gasteiger partial charge on any atom is 0.167 e. The van der Waals surface area contributed by atoms with Gasteiger partial charge in [0, 0.05) is 18.7 Å². The van der Waals surface area contributed by atoms with E-state index in [4.69, 9.17) is 10.7 Å². The Labute approximate surface area is 149 Å². The molecule has 3 heterocycles. The number of aromatic nitrogens is 3. The monoisotopic (exact) mass is 395 g/mol. The Hall–Kier alpha value is -1.21. The van der Waals surface area contributed by atoms with Crippen molar-refractivity contribution < 1.29 is 0 Å². The first-order valence-electron chi connectivity index (χ1n) is 8.00. The van der Waals surface area contributed by atoms with Gasteiger partial charge < -0.3 is 10.6 Å². The van der Waals surface area contributed by atoms with E-state index in [-0.39, 0.29) is 0 Å². The van der Waals surface area contributed by atoms with Gasteiger partial charge in [0.05, 0.1) is 6.20 Å². The Morgan fingerprint density at radius 1 is 1.43 bits per heavy atom. The zero-order valence-corrected chi connectivity index (χ0v) is 16.0. The first-order chi connectivity index (χ1) is 11.1. The van der Waals surface area contributed by atoms with E-state index in [1.807, 2.05) is 18.0 Å². The van der Waals surface area contributed by atoms with Crippen molar-refractivity contribution in [1.82, 2.24) is 14.6 Å². The van der Waals surface area contributed by atoms with E-state index in [2.05, 4.69) is 45.2 Å². The normalized spacial score (nSPS) is 15.8. The predicted molar refractivity (Wildman–Crippen MR) is 103 cm³/mol. The Morgan fingerprint density at radius 2 is 2.17 bits per heavy atom. The highest BCUT2D eigenvalue weighted by atomic mass is 79.9. The average molecular weight is 396 g/mol. The third-order valence-electron chi connectivity index (χ3n) is 4.02. The molecule has 0 aliphatic carbocycles. The predicted octanol–water partition coefficient (Wildman–Crippen LogP) is 4.18. The molecule has 0 radical (unpaired) electrons. The van der Waals surface area contributed by atoms with E-state index < -0.39 is 0 Å². The second-order valence-corrected chi connectivity index (χ2v) is 7.56. The molecule has 3 rings (SSSR count). The SMILES string of the molecule is CCCS/C=C(\C)c1cnn2c(N)c(Br)c(N3CCCC3)nc12. The fraction of sp³-hybridized carbons (Fsp3) is 0.500. The molecule has 1 aliphatic heterocycles. The van der Waals surface area contributed by atoms with Gasteiger partial charge >= 0.3 is 0 Å². The van der Waals surface area contributed by atoms with E-state index in [1.54, 1.807) is 4.52 Å². The largest absolute Gasteiger partial charge is 0.383 e. The van der Waals surface area contributed by atoms with Gasteiger partial charge in [0.25, 0.3) is 0 Å². The molecule has 124 valence electrons. The lowest BCUT2D eigenvalue weighted by atomic mass is 10.2. The second-order valence-electron chi connectivity index (χ2n) is 5.79. The Balaban J connectivity index is 2.05. The van der Waals surface area contributed by atoms with E-state index in [9.17, 15) is 0 Å². The number of hydrogen-bond donors (Lipinski definition) is 1. The smallest absolute Gasteiger partial charge is 0.167 e. The van der Waals surface area contributed by atoms with Crippen molar-refractivity contribution in [2.24, 2.45) is 0 Å². The number of thioether (sulfide) groups is 1. The molecule has 0 amide bonds. The zero-order valence-electron chi connectivity index (χ0n) is 13.5. The van der Waals surface area contributed by atoms with Crippen molar-refractivity contribution in [2.45, 2.75) is 33.1 Å². The summed E-state index contributed by atoms with van der Waals surface area (Å²) in [5.41, 5.74) is 9.35. The van der Waals surface area contributed by atoms with Gasteiger partial charge in [-0.05, 0) is 58.9 Å². The van der Waals surface area contributed by atoms with Crippen LogP contribution in [-0.2, 0) is 0 Å². The second kappa shape index (κ2) is 7.13. The first kappa shape index (κ1) is 16.6. The number of halogens is 1. The van der Waals surface area contributed by atoms with Gasteiger partial charge in [-0.1, -0.05) is 6.92 Å². The Morgan fingerprint density at radius 3 is 2.87 bits per heavy atom. The minimum atomic E-state index is 0.608. The van der Waals surface area contributed by atoms with Gasteiger partial charge in [0.2, 0.25) is 0 Å². The molecule has 0 aromatic carbocycles. The number of nitrogens with two attached hydrogens (primary N) is 1. The summed E-state index contributed by atoms with van der Waals surface area (Å²) in [6.07, 6.45) is 5.44. The van der Waals surface area contributed by atoms with Crippen LogP contribution >= 0.6 is 27.7 Å². The fourth-order valence-corrected chi connectivity index (χ4v) is 4.00. The molecule has 0 atom stereocenters. The van der Waals surface area contributed by atoms with Crippen molar-refractivity contribution in [3.8, 4) is 0 Å². The molecule has 0 unspecified atom stereocenters. The summed E-state index contributed by atoms with van der Waals surface area (Å²) < 4.78 is 2.56. The summed E-state index contributed by atoms with van der Waals surface area (Å²) in [7, 11) is 0. The van der Waals surface area contributed by atoms with Crippen LogP contribution in [0.3, 0.4) is 0 Å². The molecule has 5 nitrogen and oxygen atoms in total. The fourth-order valence-electron chi connectivity index (χ4n) is 2.76. The molecule has 23 heavy (non-hydrogen) atoms. The van der Waals surface area contributed by atoms with Gasteiger partial charge in [-0.15, -0.1) is 11.8 Å². The van der Waals surface area contributed by atoms with Crippen molar-refractivity contribution in [3.05, 3.63) is 21.6 Å². The van der Waals surface area contributed by atoms with Crippen LogP contribution in [0.2, 0.25) is 0 Å². The molecule has 2 N–H and O–H groups in total. The third kappa shape index (κ3) is 3.21. The summed E-state index contributed by atoms with van der Waals surface area (Å²) in [4.78, 5) is 7.17. The number of rotatable bonds is 5. The third-order valence-corrected chi connectivity index (χ3v) is 5.94. The summed E-state index contributed by atoms with van der Waals surface area (Å²) in [5, 5.41) is 6.62. The summed E-state index contributed by atoms with van der Waals surface area (Å²) >= 11 is 5.43. The van der Waals surface area contributed by atoms with E-state index >= 15 is 0 Å². The molecule has 0 spiro atoms. The van der Waals surface area contributed by atoms with Crippen LogP contribution in [0.4, 0.5) is 11.6 Å². The molecule has 1 aliphatic rings. The maximum absolute atomic E-state index is 6.28. The van der Waals surface area contributed by atoms with Crippen LogP contribution in [0.5, 0.6) is 0 Å². The summed E-state index contributed by atoms with van der Waals surface area (Å²) in [6.45, 7) is 6.36. The van der Waals surface area contributed by atoms with Crippen LogP contribution in [0.15, 0.2) is 16.1 Å². The average Bonchev–Trinajstić information content (AvgIpc) is 3.20. The van der Waals surface area contributed by atoms with Crippen LogP contribution < -0.4 is 10.6 Å². The zero-order chi connectivity index (χ0) is 16.4. The molecule has 0 bridgehead atoms. The number of nitrogens with zero attached hydrogens (tertiary/aromatic N) is 4. The van der Waals surface area contributed by atoms with Gasteiger partial charge in [0.15, 0.2) is 5.65 Å². The molecule has 1 fully saturated rings. The molecular weight excluding hydrogens is 374 g/mol. The Bertz CT molecular complexity index is 734. The van der Waals surface area contributed by atoms with Crippen LogP contribution in [-0.4, -0.2) is 33.4 Å². The van der Waals surface area contributed by atoms with Gasteiger partial charge in [-0.3, -0.25) is 0 Å². The van der Waals surface area contributed by atoms with Crippen molar-refractivity contribution >= 4 is 50.5 Å². The van der Waals surface area contributed by atoms with Gasteiger partial charge in [-0.25, -0.2) is 4.98 Å². The van der Waals surface area contributed by atoms with Crippen LogP contribution in [0.25, 0.3) is 11.2 Å². The Kier molecular flexibility index (Phi) is 5.16.